The van der Waals surface area contributed by atoms with Crippen LogP contribution in [0.3, 0.4) is 0 Å². The molecule has 2 rings (SSSR count). The van der Waals surface area contributed by atoms with Crippen molar-refractivity contribution < 1.29 is 130 Å². The van der Waals surface area contributed by atoms with Crippen LogP contribution in [0, 0.1) is 12.8 Å². The fourth-order valence-corrected chi connectivity index (χ4v) is 3.23. The molecular weight excluding hydrogens is 546 g/mol. The summed E-state index contributed by atoms with van der Waals surface area (Å²) in [6.45, 7) is 2.01. The monoisotopic (exact) mass is 563 g/mol. The first-order chi connectivity index (χ1) is 15.2. The minimum absolute atomic E-state index is 0. The Kier molecular flexibility index (Phi) is 18.6. The van der Waals surface area contributed by atoms with Crippen LogP contribution in [0.1, 0.15) is 28.1 Å². The van der Waals surface area contributed by atoms with E-state index in [1.165, 1.54) is 6.40 Å². The Morgan fingerprint density at radius 1 is 0.971 bits per heavy atom. The van der Waals surface area contributed by atoms with Crippen molar-refractivity contribution in [3.05, 3.63) is 0 Å². The molecule has 2 aliphatic heterocycles. The number of carbonyl (C=O) groups is 6. The van der Waals surface area contributed by atoms with Gasteiger partial charge >= 0.3 is 65.1 Å². The predicted octanol–water partition coefficient (Wildman–Crippen LogP) is -9.47. The van der Waals surface area contributed by atoms with Gasteiger partial charge in [0.15, 0.2) is 0 Å². The van der Waals surface area contributed by atoms with E-state index in [9.17, 15) is 49.9 Å². The van der Waals surface area contributed by atoms with Gasteiger partial charge in [-0.05, 0) is 0 Å². The third kappa shape index (κ3) is 14.0. The van der Waals surface area contributed by atoms with E-state index in [1.54, 1.807) is 0 Å². The summed E-state index contributed by atoms with van der Waals surface area (Å²) in [7, 11) is -9.75. The molecule has 0 radical (unpaired) electrons. The molecule has 2 unspecified atom stereocenters. The van der Waals surface area contributed by atoms with Gasteiger partial charge in [0.05, 0.1) is 12.8 Å². The summed E-state index contributed by atoms with van der Waals surface area (Å²) in [4.78, 5) is 66.9. The molecule has 186 valence electrons. The molecule has 0 spiro atoms. The van der Waals surface area contributed by atoms with Crippen LogP contribution in [-0.2, 0) is 53.8 Å². The predicted molar refractivity (Wildman–Crippen MR) is 96.7 cm³/mol. The van der Waals surface area contributed by atoms with Gasteiger partial charge in [0.25, 0.3) is 29.6 Å². The number of hydrogen-bond donors (Lipinski definition) is 2. The summed E-state index contributed by atoms with van der Waals surface area (Å²) in [5.74, 6) is -6.61. The molecule has 4 amide bonds. The molecule has 2 heterocycles. The van der Waals surface area contributed by atoms with E-state index < -0.39 is 79.1 Å². The Morgan fingerprint density at radius 2 is 1.29 bits per heavy atom. The summed E-state index contributed by atoms with van der Waals surface area (Å²) in [5.41, 5.74) is 0. The summed E-state index contributed by atoms with van der Waals surface area (Å²) < 4.78 is 68.1. The second kappa shape index (κ2) is 17.1. The zero-order valence-electron chi connectivity index (χ0n) is 19.6. The average Bonchev–Trinajstić information content (AvgIpc) is 3.06. The number of carboxylic acid groups (broad SMARTS) is 1. The first-order valence-corrected chi connectivity index (χ1v) is 10.7. The van der Waals surface area contributed by atoms with E-state index in [4.69, 9.17) is 16.5 Å². The molecule has 0 aliphatic carbocycles. The third-order valence-electron chi connectivity index (χ3n) is 3.06. The summed E-state index contributed by atoms with van der Waals surface area (Å²) >= 11 is 0. The van der Waals surface area contributed by atoms with Crippen molar-refractivity contribution in [3.63, 3.8) is 0 Å². The number of carbonyl (C=O) groups excluding carboxylic acids is 5. The molecule has 17 nitrogen and oxygen atoms in total. The Morgan fingerprint density at radius 3 is 1.49 bits per heavy atom. The van der Waals surface area contributed by atoms with Gasteiger partial charge in [-0.25, -0.2) is 21.6 Å². The van der Waals surface area contributed by atoms with E-state index >= 15 is 0 Å². The van der Waals surface area contributed by atoms with Gasteiger partial charge in [-0.2, -0.15) is 5.06 Å². The van der Waals surface area contributed by atoms with Crippen LogP contribution in [-0.4, -0.2) is 92.4 Å². The SMILES string of the molecule is CC(=O)O.CC(=O)ON1C(=O)CC(S(=O)(=O)[O-])C1=O.O=C1CC(S(=O)(=O)[O-])C(=O)N1O.[2H]C#C.[Na+].[Na+]. The van der Waals surface area contributed by atoms with Crippen LogP contribution in [0.5, 0.6) is 0 Å². The summed E-state index contributed by atoms with van der Waals surface area (Å²) in [6.07, 6.45) is 4.19. The van der Waals surface area contributed by atoms with Gasteiger partial charge < -0.3 is 19.0 Å². The van der Waals surface area contributed by atoms with Crippen molar-refractivity contribution in [1.82, 2.24) is 10.1 Å². The normalized spacial score (nSPS) is 19.0. The number of terminal acetylenes is 1. The number of aliphatic carboxylic acids is 1. The average molecular weight is 563 g/mol. The number of hydrogen-bond acceptors (Lipinski definition) is 14. The number of carboxylic acids is 1. The standard InChI is InChI=1S/C6H7NO7S.C4H5NO6S.C2H4O2.C2H2.2Na/c1-3(8)14-7-5(9)2-4(6(7)10)15(11,12)13;6-3-1-2(12(9,10)11)4(7)5(3)8;1-2(3)4;1-2;;/h4H,2H2,1H3,(H,11,12,13);2,8H,1H2,(H,9,10,11);1H3,(H,3,4);1-2H;;/q;;;;2*+1/p-2/i;;;1D;;. The van der Waals surface area contributed by atoms with Crippen molar-refractivity contribution in [2.45, 2.75) is 37.2 Å². The minimum Gasteiger partial charge on any atom is -0.747 e. The molecule has 2 atom stereocenters. The Labute approximate surface area is 244 Å². The van der Waals surface area contributed by atoms with E-state index in [0.29, 0.717) is 0 Å². The van der Waals surface area contributed by atoms with Gasteiger partial charge in [0.2, 0.25) is 0 Å². The van der Waals surface area contributed by atoms with Crippen LogP contribution in [0.2, 0.25) is 0 Å². The fraction of sp³-hybridized carbons (Fsp3) is 0.429. The second-order valence-corrected chi connectivity index (χ2v) is 8.65. The van der Waals surface area contributed by atoms with E-state index in [1.807, 2.05) is 0 Å². The minimum atomic E-state index is -4.91. The molecule has 21 heteroatoms. The van der Waals surface area contributed by atoms with E-state index in [0.717, 1.165) is 13.8 Å². The topological polar surface area (TPSA) is 273 Å². The van der Waals surface area contributed by atoms with Gasteiger partial charge in [0.1, 0.15) is 32.1 Å². The molecule has 0 saturated carbocycles. The quantitative estimate of drug-likeness (QED) is 0.106. The maximum atomic E-state index is 11.1. The molecular formula is C14H16N2Na2O15S2. The molecule has 0 aromatic carbocycles. The molecule has 0 aromatic heterocycles. The molecule has 0 bridgehead atoms. The Balaban J connectivity index is -0.000000219. The van der Waals surface area contributed by atoms with E-state index in [-0.39, 0.29) is 69.2 Å². The number of amides is 4. The van der Waals surface area contributed by atoms with Crippen LogP contribution in [0.25, 0.3) is 0 Å². The second-order valence-electron chi connectivity index (χ2n) is 5.54. The number of rotatable bonds is 3. The fourth-order valence-electron chi connectivity index (χ4n) is 1.85. The first kappa shape index (κ1) is 38.1. The molecule has 2 fully saturated rings. The van der Waals surface area contributed by atoms with Crippen molar-refractivity contribution in [2.24, 2.45) is 0 Å². The zero-order valence-corrected chi connectivity index (χ0v) is 24.2. The number of nitrogens with zero attached hydrogens (tertiary/aromatic N) is 2. The smallest absolute Gasteiger partial charge is 0.747 e. The summed E-state index contributed by atoms with van der Waals surface area (Å²) in [5, 5.41) is 11.6. The van der Waals surface area contributed by atoms with Crippen molar-refractivity contribution >= 4 is 55.8 Å². The third-order valence-corrected chi connectivity index (χ3v) is 5.19. The summed E-state index contributed by atoms with van der Waals surface area (Å²) in [6, 6.07) is 0. The largest absolute Gasteiger partial charge is 1.00 e. The van der Waals surface area contributed by atoms with Crippen molar-refractivity contribution in [2.75, 3.05) is 0 Å². The molecule has 2 saturated heterocycles. The van der Waals surface area contributed by atoms with Crippen molar-refractivity contribution in [3.8, 4) is 12.8 Å². The first-order valence-electron chi connectivity index (χ1n) is 8.29. The molecule has 35 heavy (non-hydrogen) atoms. The van der Waals surface area contributed by atoms with Gasteiger partial charge in [0, 0.05) is 13.8 Å². The van der Waals surface area contributed by atoms with Crippen LogP contribution >= 0.6 is 0 Å². The van der Waals surface area contributed by atoms with Gasteiger partial charge in [-0.1, -0.05) is 0 Å². The molecule has 2 aliphatic rings. The van der Waals surface area contributed by atoms with Gasteiger partial charge in [-0.15, -0.1) is 17.9 Å². The number of imide groups is 2. The maximum absolute atomic E-state index is 11.1. The van der Waals surface area contributed by atoms with Crippen LogP contribution < -0.4 is 59.1 Å². The van der Waals surface area contributed by atoms with Gasteiger partial charge in [-0.3, -0.25) is 29.2 Å². The molecule has 0 aromatic rings. The Bertz CT molecular complexity index is 1100. The maximum Gasteiger partial charge on any atom is 1.00 e. The zero-order chi connectivity index (χ0) is 27.6. The molecule has 2 N–H and O–H groups in total. The number of hydroxylamine groups is 4. The van der Waals surface area contributed by atoms with Crippen LogP contribution in [0.4, 0.5) is 0 Å². The van der Waals surface area contributed by atoms with E-state index in [2.05, 4.69) is 11.3 Å². The van der Waals surface area contributed by atoms with Crippen molar-refractivity contribution in [1.29, 1.82) is 0 Å². The Hall–Kier alpha value is -1.44. The van der Waals surface area contributed by atoms with Crippen LogP contribution in [0.15, 0.2) is 0 Å².